The van der Waals surface area contributed by atoms with Crippen LogP contribution >= 0.6 is 23.4 Å². The number of nitrogens with zero attached hydrogens (tertiary/aromatic N) is 2. The molecular formula is C21H26ClN3O2S. The van der Waals surface area contributed by atoms with E-state index in [0.29, 0.717) is 39.5 Å². The number of amides is 1. The molecule has 1 aromatic carbocycles. The first-order valence-electron chi connectivity index (χ1n) is 9.64. The summed E-state index contributed by atoms with van der Waals surface area (Å²) < 4.78 is 1.55. The highest BCUT2D eigenvalue weighted by Crippen LogP contribution is 2.29. The average Bonchev–Trinajstić information content (AvgIpc) is 2.66. The summed E-state index contributed by atoms with van der Waals surface area (Å²) in [6, 6.07) is 5.25. The molecule has 1 aliphatic rings. The molecule has 5 nitrogen and oxygen atoms in total. The molecule has 0 saturated heterocycles. The van der Waals surface area contributed by atoms with E-state index in [1.54, 1.807) is 28.8 Å². The van der Waals surface area contributed by atoms with Crippen LogP contribution in [0.2, 0.25) is 5.02 Å². The second kappa shape index (κ2) is 9.14. The molecule has 28 heavy (non-hydrogen) atoms. The zero-order valence-corrected chi connectivity index (χ0v) is 17.9. The van der Waals surface area contributed by atoms with Gasteiger partial charge in [-0.1, -0.05) is 56.1 Å². The lowest BCUT2D eigenvalue weighted by atomic mass is 9.78. The normalized spacial score (nSPS) is 22.2. The third kappa shape index (κ3) is 4.61. The quantitative estimate of drug-likeness (QED) is 0.431. The van der Waals surface area contributed by atoms with Gasteiger partial charge < -0.3 is 5.32 Å². The molecule has 1 aliphatic carbocycles. The minimum Gasteiger partial charge on any atom is -0.352 e. The highest BCUT2D eigenvalue weighted by molar-refractivity contribution is 7.99. The van der Waals surface area contributed by atoms with E-state index in [1.165, 1.54) is 18.2 Å². The third-order valence-corrected chi connectivity index (χ3v) is 6.79. The van der Waals surface area contributed by atoms with Crippen LogP contribution < -0.4 is 10.9 Å². The second-order valence-corrected chi connectivity index (χ2v) is 8.87. The van der Waals surface area contributed by atoms with Gasteiger partial charge in [-0.15, -0.1) is 6.58 Å². The van der Waals surface area contributed by atoms with E-state index in [-0.39, 0.29) is 23.3 Å². The molecule has 3 atom stereocenters. The zero-order valence-electron chi connectivity index (χ0n) is 16.3. The van der Waals surface area contributed by atoms with Crippen molar-refractivity contribution in [1.82, 2.24) is 14.9 Å². The van der Waals surface area contributed by atoms with Gasteiger partial charge in [-0.25, -0.2) is 4.98 Å². The Kier molecular flexibility index (Phi) is 6.83. The Labute approximate surface area is 174 Å². The monoisotopic (exact) mass is 419 g/mol. The van der Waals surface area contributed by atoms with Crippen LogP contribution in [0.25, 0.3) is 10.9 Å². The Morgan fingerprint density at radius 1 is 1.43 bits per heavy atom. The van der Waals surface area contributed by atoms with Gasteiger partial charge in [0.15, 0.2) is 5.16 Å². The number of fused-ring (bicyclic) bond motifs is 1. The van der Waals surface area contributed by atoms with Gasteiger partial charge in [0.1, 0.15) is 0 Å². The van der Waals surface area contributed by atoms with Gasteiger partial charge in [0, 0.05) is 17.6 Å². The highest BCUT2D eigenvalue weighted by atomic mass is 35.5. The number of halogens is 1. The summed E-state index contributed by atoms with van der Waals surface area (Å²) in [4.78, 5) is 29.9. The van der Waals surface area contributed by atoms with Gasteiger partial charge in [0.2, 0.25) is 5.91 Å². The van der Waals surface area contributed by atoms with Crippen molar-refractivity contribution in [3.05, 3.63) is 46.2 Å². The van der Waals surface area contributed by atoms with Crippen molar-refractivity contribution in [3.63, 3.8) is 0 Å². The van der Waals surface area contributed by atoms with E-state index in [9.17, 15) is 9.59 Å². The van der Waals surface area contributed by atoms with Gasteiger partial charge in [-0.2, -0.15) is 0 Å². The van der Waals surface area contributed by atoms with Crippen molar-refractivity contribution in [3.8, 4) is 0 Å². The first-order chi connectivity index (χ1) is 13.4. The maximum absolute atomic E-state index is 12.8. The molecule has 1 amide bonds. The molecule has 150 valence electrons. The Balaban J connectivity index is 1.77. The van der Waals surface area contributed by atoms with Crippen molar-refractivity contribution >= 4 is 40.2 Å². The molecule has 0 bridgehead atoms. The summed E-state index contributed by atoms with van der Waals surface area (Å²) in [6.45, 7) is 8.51. The molecule has 1 N–H and O–H groups in total. The third-order valence-electron chi connectivity index (χ3n) is 5.58. The molecule has 2 aromatic rings. The predicted octanol–water partition coefficient (Wildman–Crippen LogP) is 4.27. The Bertz CT molecular complexity index is 943. The Hall–Kier alpha value is -1.79. The van der Waals surface area contributed by atoms with Crippen LogP contribution in [-0.4, -0.2) is 27.3 Å². The number of rotatable bonds is 6. The molecule has 1 saturated carbocycles. The minimum atomic E-state index is -0.154. The molecule has 0 radical (unpaired) electrons. The number of carbonyl (C=O) groups excluding carboxylic acids is 1. The van der Waals surface area contributed by atoms with Crippen LogP contribution in [0.4, 0.5) is 0 Å². The molecule has 0 aliphatic heterocycles. The van der Waals surface area contributed by atoms with E-state index in [2.05, 4.69) is 30.7 Å². The fraction of sp³-hybridized carbons (Fsp3) is 0.476. The van der Waals surface area contributed by atoms with Gasteiger partial charge in [0.25, 0.3) is 5.56 Å². The summed E-state index contributed by atoms with van der Waals surface area (Å²) in [5, 5.41) is 4.69. The SMILES string of the molecule is C=CCn1c(SCC(=O)N[C@@H]2CCC[C@@H](C)[C@H]2C)nc2cc(Cl)ccc2c1=O. The number of allylic oxidation sites excluding steroid dienone is 1. The van der Waals surface area contributed by atoms with Crippen LogP contribution in [-0.2, 0) is 11.3 Å². The van der Waals surface area contributed by atoms with Crippen molar-refractivity contribution < 1.29 is 4.79 Å². The van der Waals surface area contributed by atoms with Gasteiger partial charge in [-0.3, -0.25) is 14.2 Å². The van der Waals surface area contributed by atoms with Crippen molar-refractivity contribution in [2.45, 2.75) is 50.9 Å². The predicted molar refractivity (Wildman–Crippen MR) is 116 cm³/mol. The van der Waals surface area contributed by atoms with E-state index in [4.69, 9.17) is 11.6 Å². The second-order valence-electron chi connectivity index (χ2n) is 7.49. The first kappa shape index (κ1) is 20.9. The van der Waals surface area contributed by atoms with Crippen molar-refractivity contribution in [2.75, 3.05) is 5.75 Å². The van der Waals surface area contributed by atoms with Crippen molar-refractivity contribution in [2.24, 2.45) is 11.8 Å². The molecule has 0 unspecified atom stereocenters. The maximum Gasteiger partial charge on any atom is 0.262 e. The van der Waals surface area contributed by atoms with Crippen molar-refractivity contribution in [1.29, 1.82) is 0 Å². The smallest absolute Gasteiger partial charge is 0.262 e. The number of thioether (sulfide) groups is 1. The largest absolute Gasteiger partial charge is 0.352 e. The Morgan fingerprint density at radius 3 is 2.96 bits per heavy atom. The summed E-state index contributed by atoms with van der Waals surface area (Å²) in [5.74, 6) is 1.29. The average molecular weight is 420 g/mol. The molecule has 0 spiro atoms. The van der Waals surface area contributed by atoms with Crippen LogP contribution in [0, 0.1) is 11.8 Å². The number of nitrogens with one attached hydrogen (secondary N) is 1. The van der Waals surface area contributed by atoms with E-state index < -0.39 is 0 Å². The molecule has 3 rings (SSSR count). The lowest BCUT2D eigenvalue weighted by Gasteiger charge is -2.34. The van der Waals surface area contributed by atoms with Crippen LogP contribution in [0.3, 0.4) is 0 Å². The summed E-state index contributed by atoms with van der Waals surface area (Å²) in [5.41, 5.74) is 0.384. The van der Waals surface area contributed by atoms with Gasteiger partial charge in [0.05, 0.1) is 16.7 Å². The first-order valence-corrected chi connectivity index (χ1v) is 11.0. The maximum atomic E-state index is 12.8. The lowest BCUT2D eigenvalue weighted by Crippen LogP contribution is -2.44. The van der Waals surface area contributed by atoms with Crippen LogP contribution in [0.5, 0.6) is 0 Å². The molecule has 7 heteroatoms. The lowest BCUT2D eigenvalue weighted by molar-refractivity contribution is -0.120. The summed E-state index contributed by atoms with van der Waals surface area (Å²) >= 11 is 7.32. The number of carbonyl (C=O) groups is 1. The zero-order chi connectivity index (χ0) is 20.3. The van der Waals surface area contributed by atoms with Crippen LogP contribution in [0.15, 0.2) is 40.8 Å². The van der Waals surface area contributed by atoms with E-state index in [1.807, 2.05) is 0 Å². The minimum absolute atomic E-state index is 0.0263. The molecule has 1 aromatic heterocycles. The number of hydrogen-bond acceptors (Lipinski definition) is 4. The fourth-order valence-electron chi connectivity index (χ4n) is 3.74. The molecular weight excluding hydrogens is 394 g/mol. The fourth-order valence-corrected chi connectivity index (χ4v) is 4.72. The number of benzene rings is 1. The topological polar surface area (TPSA) is 64.0 Å². The van der Waals surface area contributed by atoms with Gasteiger partial charge in [-0.05, 0) is 36.5 Å². The summed E-state index contributed by atoms with van der Waals surface area (Å²) in [7, 11) is 0. The van der Waals surface area contributed by atoms with E-state index >= 15 is 0 Å². The highest BCUT2D eigenvalue weighted by Gasteiger charge is 2.28. The van der Waals surface area contributed by atoms with Crippen LogP contribution in [0.1, 0.15) is 33.1 Å². The number of hydrogen-bond donors (Lipinski definition) is 1. The standard InChI is InChI=1S/C21H26ClN3O2S/c1-4-10-25-20(27)16-9-8-15(22)11-18(16)24-21(25)28-12-19(26)23-17-7-5-6-13(2)14(17)3/h4,8-9,11,13-14,17H,1,5-7,10,12H2,2-3H3,(H,23,26)/t13-,14-,17-/m1/s1. The van der Waals surface area contributed by atoms with E-state index in [0.717, 1.165) is 12.8 Å². The molecule has 1 heterocycles. The Morgan fingerprint density at radius 2 is 2.21 bits per heavy atom. The summed E-state index contributed by atoms with van der Waals surface area (Å²) in [6.07, 6.45) is 5.05. The number of aromatic nitrogens is 2. The molecule has 1 fully saturated rings. The van der Waals surface area contributed by atoms with Gasteiger partial charge >= 0.3 is 0 Å².